The molecule has 0 heterocycles. The van der Waals surface area contributed by atoms with Gasteiger partial charge in [-0.1, -0.05) is 13.8 Å². The molecule has 88 valence electrons. The zero-order chi connectivity index (χ0) is 11.5. The highest BCUT2D eigenvalue weighted by Crippen LogP contribution is 2.11. The van der Waals surface area contributed by atoms with E-state index in [4.69, 9.17) is 14.2 Å². The fraction of sp³-hybridized carbons (Fsp3) is 0.667. The van der Waals surface area contributed by atoms with Crippen molar-refractivity contribution in [3.05, 3.63) is 24.0 Å². The molecule has 0 amide bonds. The van der Waals surface area contributed by atoms with Gasteiger partial charge >= 0.3 is 0 Å². The van der Waals surface area contributed by atoms with Gasteiger partial charge < -0.3 is 14.2 Å². The fourth-order valence-electron chi connectivity index (χ4n) is 0.977. The molecule has 0 aromatic carbocycles. The van der Waals surface area contributed by atoms with Gasteiger partial charge in [0.15, 0.2) is 0 Å². The highest BCUT2D eigenvalue weighted by Gasteiger charge is 2.03. The lowest BCUT2D eigenvalue weighted by atomic mass is 10.4. The van der Waals surface area contributed by atoms with Crippen molar-refractivity contribution in [3.8, 4) is 0 Å². The number of ether oxygens (including phenoxy) is 3. The van der Waals surface area contributed by atoms with Crippen LogP contribution in [0.4, 0.5) is 0 Å². The lowest BCUT2D eigenvalue weighted by Crippen LogP contribution is -2.02. The Kier molecular flexibility index (Phi) is 8.73. The average Bonchev–Trinajstić information content (AvgIpc) is 2.19. The van der Waals surface area contributed by atoms with E-state index >= 15 is 0 Å². The molecular weight excluding hydrogens is 192 g/mol. The minimum Gasteiger partial charge on any atom is -0.466 e. The fourth-order valence-corrected chi connectivity index (χ4v) is 0.977. The van der Waals surface area contributed by atoms with Crippen molar-refractivity contribution < 1.29 is 14.2 Å². The maximum atomic E-state index is 5.49. The smallest absolute Gasteiger partial charge is 0.282 e. The van der Waals surface area contributed by atoms with Crippen LogP contribution in [0.15, 0.2) is 24.0 Å². The molecule has 15 heavy (non-hydrogen) atoms. The van der Waals surface area contributed by atoms with Crippen LogP contribution >= 0.6 is 0 Å². The summed E-state index contributed by atoms with van der Waals surface area (Å²) in [6.45, 7) is 9.11. The first-order chi connectivity index (χ1) is 7.28. The summed E-state index contributed by atoms with van der Waals surface area (Å²) in [6.07, 6.45) is 5.54. The molecule has 0 saturated heterocycles. The van der Waals surface area contributed by atoms with Gasteiger partial charge in [0.1, 0.15) is 0 Å². The summed E-state index contributed by atoms with van der Waals surface area (Å²) in [5.41, 5.74) is 0. The average molecular weight is 214 g/mol. The van der Waals surface area contributed by atoms with E-state index in [1.807, 2.05) is 39.8 Å². The summed E-state index contributed by atoms with van der Waals surface area (Å²) in [5, 5.41) is 0. The van der Waals surface area contributed by atoms with E-state index in [-0.39, 0.29) is 0 Å². The third-order valence-electron chi connectivity index (χ3n) is 1.52. The molecule has 0 atom stereocenters. The highest BCUT2D eigenvalue weighted by atomic mass is 16.7. The molecule has 0 aliphatic rings. The zero-order valence-corrected chi connectivity index (χ0v) is 10.2. The Hall–Kier alpha value is -1.12. The summed E-state index contributed by atoms with van der Waals surface area (Å²) < 4.78 is 16.1. The summed E-state index contributed by atoms with van der Waals surface area (Å²) in [6, 6.07) is 0. The van der Waals surface area contributed by atoms with E-state index in [1.54, 1.807) is 0 Å². The molecule has 0 aliphatic carbocycles. The van der Waals surface area contributed by atoms with E-state index in [0.717, 1.165) is 12.8 Å². The predicted molar refractivity (Wildman–Crippen MR) is 61.1 cm³/mol. The Morgan fingerprint density at radius 3 is 1.47 bits per heavy atom. The SMILES string of the molecule is CC/C=C(/OCC)O/C(=C\CC)OCC. The van der Waals surface area contributed by atoms with Gasteiger partial charge in [0.05, 0.1) is 13.2 Å². The molecule has 0 radical (unpaired) electrons. The lowest BCUT2D eigenvalue weighted by molar-refractivity contribution is -0.000531. The van der Waals surface area contributed by atoms with Crippen molar-refractivity contribution in [1.82, 2.24) is 0 Å². The van der Waals surface area contributed by atoms with Gasteiger partial charge in [-0.2, -0.15) is 0 Å². The van der Waals surface area contributed by atoms with Crippen LogP contribution in [0.1, 0.15) is 40.5 Å². The first-order valence-corrected chi connectivity index (χ1v) is 5.62. The van der Waals surface area contributed by atoms with Crippen LogP contribution in [0.3, 0.4) is 0 Å². The number of rotatable bonds is 8. The molecule has 0 aromatic heterocycles. The van der Waals surface area contributed by atoms with Gasteiger partial charge in [0.2, 0.25) is 0 Å². The van der Waals surface area contributed by atoms with Crippen molar-refractivity contribution >= 4 is 0 Å². The minimum absolute atomic E-state index is 0.521. The second-order valence-corrected chi connectivity index (χ2v) is 2.83. The molecule has 3 nitrogen and oxygen atoms in total. The minimum atomic E-state index is 0.521. The summed E-state index contributed by atoms with van der Waals surface area (Å²) in [4.78, 5) is 0. The monoisotopic (exact) mass is 214 g/mol. The quantitative estimate of drug-likeness (QED) is 0.578. The van der Waals surface area contributed by atoms with Crippen LogP contribution in [0.25, 0.3) is 0 Å². The molecule has 0 fully saturated rings. The van der Waals surface area contributed by atoms with Gasteiger partial charge in [0.25, 0.3) is 11.9 Å². The maximum absolute atomic E-state index is 5.49. The Morgan fingerprint density at radius 2 is 1.20 bits per heavy atom. The van der Waals surface area contributed by atoms with Crippen LogP contribution in [0, 0.1) is 0 Å². The molecule has 0 rings (SSSR count). The molecule has 0 N–H and O–H groups in total. The predicted octanol–water partition coefficient (Wildman–Crippen LogP) is 3.58. The second-order valence-electron chi connectivity index (χ2n) is 2.83. The lowest BCUT2D eigenvalue weighted by Gasteiger charge is -2.12. The van der Waals surface area contributed by atoms with E-state index in [9.17, 15) is 0 Å². The third-order valence-corrected chi connectivity index (χ3v) is 1.52. The zero-order valence-electron chi connectivity index (χ0n) is 10.2. The summed E-state index contributed by atoms with van der Waals surface area (Å²) in [7, 11) is 0. The Labute approximate surface area is 92.7 Å². The van der Waals surface area contributed by atoms with Crippen LogP contribution in [-0.2, 0) is 14.2 Å². The van der Waals surface area contributed by atoms with Crippen molar-refractivity contribution in [2.75, 3.05) is 13.2 Å². The number of hydrogen-bond acceptors (Lipinski definition) is 3. The molecule has 0 aromatic rings. The van der Waals surface area contributed by atoms with Crippen molar-refractivity contribution in [2.24, 2.45) is 0 Å². The standard InChI is InChI=1S/C12H22O3/c1-5-9-11(13-7-3)15-12(10-6-2)14-8-4/h9-10H,5-8H2,1-4H3/b11-9-,12-10-. The largest absolute Gasteiger partial charge is 0.466 e. The van der Waals surface area contributed by atoms with Crippen molar-refractivity contribution in [1.29, 1.82) is 0 Å². The molecule has 0 unspecified atom stereocenters. The van der Waals surface area contributed by atoms with Crippen LogP contribution in [0.2, 0.25) is 0 Å². The highest BCUT2D eigenvalue weighted by molar-refractivity contribution is 4.91. The molecule has 0 aliphatic heterocycles. The molecular formula is C12H22O3. The molecule has 0 saturated carbocycles. The van der Waals surface area contributed by atoms with E-state index in [2.05, 4.69) is 0 Å². The van der Waals surface area contributed by atoms with Gasteiger partial charge in [-0.25, -0.2) is 0 Å². The first-order valence-electron chi connectivity index (χ1n) is 5.62. The van der Waals surface area contributed by atoms with E-state index in [1.165, 1.54) is 0 Å². The Morgan fingerprint density at radius 1 is 0.800 bits per heavy atom. The van der Waals surface area contributed by atoms with Gasteiger partial charge in [-0.3, -0.25) is 0 Å². The molecule has 3 heteroatoms. The number of hydrogen-bond donors (Lipinski definition) is 0. The van der Waals surface area contributed by atoms with Gasteiger partial charge in [-0.15, -0.1) is 0 Å². The van der Waals surface area contributed by atoms with Crippen LogP contribution < -0.4 is 0 Å². The van der Waals surface area contributed by atoms with E-state index in [0.29, 0.717) is 25.1 Å². The Balaban J connectivity index is 4.32. The van der Waals surface area contributed by atoms with Crippen LogP contribution in [0.5, 0.6) is 0 Å². The van der Waals surface area contributed by atoms with E-state index < -0.39 is 0 Å². The third kappa shape index (κ3) is 6.89. The molecule has 0 spiro atoms. The topological polar surface area (TPSA) is 27.7 Å². The maximum Gasteiger partial charge on any atom is 0.282 e. The Bertz CT molecular complexity index is 185. The second kappa shape index (κ2) is 9.44. The van der Waals surface area contributed by atoms with Crippen LogP contribution in [-0.4, -0.2) is 13.2 Å². The summed E-state index contributed by atoms with van der Waals surface area (Å²) in [5.74, 6) is 1.04. The number of allylic oxidation sites excluding steroid dienone is 2. The van der Waals surface area contributed by atoms with Gasteiger partial charge in [0, 0.05) is 0 Å². The normalized spacial score (nSPS) is 12.5. The summed E-state index contributed by atoms with van der Waals surface area (Å²) >= 11 is 0. The van der Waals surface area contributed by atoms with Gasteiger partial charge in [-0.05, 0) is 38.8 Å². The molecule has 0 bridgehead atoms. The first kappa shape index (κ1) is 13.9. The van der Waals surface area contributed by atoms with Crippen molar-refractivity contribution in [2.45, 2.75) is 40.5 Å². The van der Waals surface area contributed by atoms with Crippen molar-refractivity contribution in [3.63, 3.8) is 0 Å².